The normalized spacial score (nSPS) is 28.5. The van der Waals surface area contributed by atoms with Crippen molar-refractivity contribution in [2.75, 3.05) is 19.6 Å². The van der Waals surface area contributed by atoms with E-state index < -0.39 is 29.2 Å². The van der Waals surface area contributed by atoms with Crippen LogP contribution in [0.4, 0.5) is 13.2 Å². The minimum atomic E-state index is -4.20. The van der Waals surface area contributed by atoms with Gasteiger partial charge >= 0.3 is 12.1 Å². The summed E-state index contributed by atoms with van der Waals surface area (Å²) < 4.78 is 43.9. The highest BCUT2D eigenvalue weighted by molar-refractivity contribution is 5.84. The van der Waals surface area contributed by atoms with Crippen LogP contribution < -0.4 is 10.6 Å². The first-order valence-electron chi connectivity index (χ1n) is 7.29. The fraction of sp³-hybridized carbons (Fsp3) is 0.929. The van der Waals surface area contributed by atoms with E-state index in [1.807, 2.05) is 0 Å². The van der Waals surface area contributed by atoms with Crippen molar-refractivity contribution >= 4 is 5.97 Å². The van der Waals surface area contributed by atoms with Crippen LogP contribution in [-0.2, 0) is 9.53 Å². The Labute approximate surface area is 122 Å². The Bertz CT molecular complexity index is 400. The van der Waals surface area contributed by atoms with Gasteiger partial charge in [-0.25, -0.2) is 0 Å². The van der Waals surface area contributed by atoms with Gasteiger partial charge < -0.3 is 15.4 Å². The Morgan fingerprint density at radius 3 is 2.38 bits per heavy atom. The molecule has 2 fully saturated rings. The number of carbonyl (C=O) groups is 1. The van der Waals surface area contributed by atoms with Gasteiger partial charge in [0.25, 0.3) is 0 Å². The molecule has 21 heavy (non-hydrogen) atoms. The molecule has 2 aliphatic rings. The highest BCUT2D eigenvalue weighted by Gasteiger charge is 2.54. The van der Waals surface area contributed by atoms with Crippen LogP contribution in [0.2, 0.25) is 0 Å². The van der Waals surface area contributed by atoms with E-state index in [-0.39, 0.29) is 19.1 Å². The highest BCUT2D eigenvalue weighted by atomic mass is 19.4. The maximum Gasteiger partial charge on any atom is 0.393 e. The highest BCUT2D eigenvalue weighted by Crippen LogP contribution is 2.39. The fourth-order valence-corrected chi connectivity index (χ4v) is 2.61. The molecule has 0 aromatic carbocycles. The predicted molar refractivity (Wildman–Crippen MR) is 71.7 cm³/mol. The molecule has 0 aromatic heterocycles. The second kappa shape index (κ2) is 5.43. The first kappa shape index (κ1) is 16.5. The van der Waals surface area contributed by atoms with Crippen LogP contribution in [0, 0.1) is 11.8 Å². The van der Waals surface area contributed by atoms with Gasteiger partial charge in [0.05, 0.1) is 5.92 Å². The topological polar surface area (TPSA) is 50.4 Å². The quantitative estimate of drug-likeness (QED) is 0.778. The van der Waals surface area contributed by atoms with Gasteiger partial charge in [0.2, 0.25) is 0 Å². The molecular formula is C14H23F3N2O2. The summed E-state index contributed by atoms with van der Waals surface area (Å²) in [6, 6.07) is 0. The third kappa shape index (κ3) is 4.10. The van der Waals surface area contributed by atoms with Gasteiger partial charge in [-0.15, -0.1) is 0 Å². The molecule has 1 saturated heterocycles. The predicted octanol–water partition coefficient (Wildman–Crippen LogP) is 1.85. The fourth-order valence-electron chi connectivity index (χ4n) is 2.61. The zero-order valence-electron chi connectivity index (χ0n) is 12.6. The number of alkyl halides is 3. The molecule has 2 unspecified atom stereocenters. The Hall–Kier alpha value is -0.820. The molecule has 0 aromatic rings. The van der Waals surface area contributed by atoms with Gasteiger partial charge in [-0.3, -0.25) is 4.79 Å². The van der Waals surface area contributed by atoms with Crippen molar-refractivity contribution < 1.29 is 22.7 Å². The molecule has 0 bridgehead atoms. The molecule has 1 aliphatic heterocycles. The van der Waals surface area contributed by atoms with Crippen molar-refractivity contribution in [2.45, 2.75) is 50.9 Å². The second-order valence-corrected chi connectivity index (χ2v) is 7.03. The number of halogens is 3. The Morgan fingerprint density at radius 2 is 1.90 bits per heavy atom. The Kier molecular flexibility index (Phi) is 4.28. The lowest BCUT2D eigenvalue weighted by Gasteiger charge is -2.27. The van der Waals surface area contributed by atoms with E-state index in [1.54, 1.807) is 20.8 Å². The molecule has 1 aliphatic carbocycles. The number of ether oxygens (including phenoxy) is 1. The first-order valence-corrected chi connectivity index (χ1v) is 7.29. The molecule has 2 atom stereocenters. The zero-order valence-corrected chi connectivity index (χ0v) is 12.6. The van der Waals surface area contributed by atoms with Crippen molar-refractivity contribution in [3.05, 3.63) is 0 Å². The third-order valence-corrected chi connectivity index (χ3v) is 4.00. The van der Waals surface area contributed by atoms with Crippen molar-refractivity contribution in [1.29, 1.82) is 0 Å². The number of rotatable bonds is 4. The number of hydrogen-bond donors (Lipinski definition) is 2. The van der Waals surface area contributed by atoms with Gasteiger partial charge in [-0.1, -0.05) is 0 Å². The van der Waals surface area contributed by atoms with Crippen LogP contribution >= 0.6 is 0 Å². The number of hydrogen-bond acceptors (Lipinski definition) is 4. The van der Waals surface area contributed by atoms with Crippen molar-refractivity contribution in [3.63, 3.8) is 0 Å². The first-order chi connectivity index (χ1) is 9.54. The maximum atomic E-state index is 12.9. The van der Waals surface area contributed by atoms with E-state index in [2.05, 4.69) is 10.6 Å². The van der Waals surface area contributed by atoms with E-state index in [9.17, 15) is 18.0 Å². The summed E-state index contributed by atoms with van der Waals surface area (Å²) in [4.78, 5) is 12.1. The summed E-state index contributed by atoms with van der Waals surface area (Å²) in [6.07, 6.45) is -2.95. The van der Waals surface area contributed by atoms with Crippen molar-refractivity contribution in [1.82, 2.24) is 10.6 Å². The van der Waals surface area contributed by atoms with E-state index in [0.29, 0.717) is 19.4 Å². The molecule has 0 spiro atoms. The molecule has 122 valence electrons. The standard InChI is InChI=1S/C14H23F3N2O2/c1-12(2,3)21-11(20)13(4-5-13)19-7-9-6-18-8-10(9)14(15,16)17/h9-10,18-19H,4-8H2,1-3H3. The minimum Gasteiger partial charge on any atom is -0.459 e. The van der Waals surface area contributed by atoms with Crippen molar-refractivity contribution in [3.8, 4) is 0 Å². The van der Waals surface area contributed by atoms with Gasteiger partial charge in [0, 0.05) is 13.1 Å². The van der Waals surface area contributed by atoms with Crippen LogP contribution in [0.25, 0.3) is 0 Å². The molecule has 2 N–H and O–H groups in total. The Morgan fingerprint density at radius 1 is 1.29 bits per heavy atom. The molecule has 1 heterocycles. The molecule has 0 amide bonds. The Balaban J connectivity index is 1.89. The molecule has 1 saturated carbocycles. The van der Waals surface area contributed by atoms with Gasteiger partial charge in [0.1, 0.15) is 11.1 Å². The summed E-state index contributed by atoms with van der Waals surface area (Å²) in [7, 11) is 0. The van der Waals surface area contributed by atoms with Crippen LogP contribution in [-0.4, -0.2) is 42.9 Å². The lowest BCUT2D eigenvalue weighted by atomic mass is 9.95. The molecular weight excluding hydrogens is 285 g/mol. The van der Waals surface area contributed by atoms with Gasteiger partial charge in [0.15, 0.2) is 0 Å². The van der Waals surface area contributed by atoms with E-state index in [1.165, 1.54) is 0 Å². The largest absolute Gasteiger partial charge is 0.459 e. The van der Waals surface area contributed by atoms with E-state index in [0.717, 1.165) is 0 Å². The second-order valence-electron chi connectivity index (χ2n) is 7.03. The zero-order chi connectivity index (χ0) is 15.9. The lowest BCUT2D eigenvalue weighted by molar-refractivity contribution is -0.179. The van der Waals surface area contributed by atoms with E-state index in [4.69, 9.17) is 4.74 Å². The molecule has 7 heteroatoms. The van der Waals surface area contributed by atoms with Crippen LogP contribution in [0.5, 0.6) is 0 Å². The molecule has 4 nitrogen and oxygen atoms in total. The SMILES string of the molecule is CC(C)(C)OC(=O)C1(NCC2CNCC2C(F)(F)F)CC1. The summed E-state index contributed by atoms with van der Waals surface area (Å²) in [5.41, 5.74) is -1.36. The third-order valence-electron chi connectivity index (χ3n) is 4.00. The minimum absolute atomic E-state index is 0.0463. The van der Waals surface area contributed by atoms with Crippen LogP contribution in [0.1, 0.15) is 33.6 Å². The van der Waals surface area contributed by atoms with Crippen molar-refractivity contribution in [2.24, 2.45) is 11.8 Å². The average molecular weight is 308 g/mol. The summed E-state index contributed by atoms with van der Waals surface area (Å²) in [5.74, 6) is -2.24. The smallest absolute Gasteiger partial charge is 0.393 e. The average Bonchev–Trinajstić information content (AvgIpc) is 2.93. The lowest BCUT2D eigenvalue weighted by Crippen LogP contribution is -2.47. The van der Waals surface area contributed by atoms with Crippen LogP contribution in [0.15, 0.2) is 0 Å². The number of carbonyl (C=O) groups excluding carboxylic acids is 1. The van der Waals surface area contributed by atoms with Crippen LogP contribution in [0.3, 0.4) is 0 Å². The van der Waals surface area contributed by atoms with Gasteiger partial charge in [-0.2, -0.15) is 13.2 Å². The van der Waals surface area contributed by atoms with E-state index >= 15 is 0 Å². The summed E-state index contributed by atoms with van der Waals surface area (Å²) in [5, 5.41) is 5.80. The molecule has 0 radical (unpaired) electrons. The summed E-state index contributed by atoms with van der Waals surface area (Å²) in [6.45, 7) is 5.79. The molecule has 2 rings (SSSR count). The maximum absolute atomic E-state index is 12.9. The monoisotopic (exact) mass is 308 g/mol. The number of esters is 1. The number of nitrogens with one attached hydrogen (secondary N) is 2. The van der Waals surface area contributed by atoms with Gasteiger partial charge in [-0.05, 0) is 46.1 Å². The summed E-state index contributed by atoms with van der Waals surface area (Å²) >= 11 is 0.